The topological polar surface area (TPSA) is 102 Å². The third-order valence-corrected chi connectivity index (χ3v) is 3.98. The minimum Gasteiger partial charge on any atom is -0.502 e. The number of aromatic hydroxyl groups is 1. The summed E-state index contributed by atoms with van der Waals surface area (Å²) in [7, 11) is 0. The van der Waals surface area contributed by atoms with Gasteiger partial charge in [0.15, 0.2) is 5.75 Å². The number of para-hydroxylation sites is 2. The van der Waals surface area contributed by atoms with E-state index in [1.807, 2.05) is 0 Å². The average molecular weight is 418 g/mol. The molecule has 0 heterocycles. The first kappa shape index (κ1) is 20.6. The Morgan fingerprint density at radius 1 is 1.03 bits per heavy atom. The van der Waals surface area contributed by atoms with E-state index < -0.39 is 39.6 Å². The minimum absolute atomic E-state index is 0.0903. The number of rotatable bonds is 5. The van der Waals surface area contributed by atoms with Crippen molar-refractivity contribution in [2.75, 3.05) is 5.32 Å². The van der Waals surface area contributed by atoms with Crippen LogP contribution in [0.2, 0.25) is 0 Å². The van der Waals surface area contributed by atoms with Crippen LogP contribution < -0.4 is 10.1 Å². The number of carbonyl (C=O) groups is 1. The van der Waals surface area contributed by atoms with Crippen molar-refractivity contribution in [2.45, 2.75) is 6.18 Å². The van der Waals surface area contributed by atoms with E-state index in [-0.39, 0.29) is 11.4 Å². The number of nitrogens with one attached hydrogen (secondary N) is 1. The lowest BCUT2D eigenvalue weighted by molar-refractivity contribution is -0.385. The molecule has 3 aromatic rings. The van der Waals surface area contributed by atoms with Gasteiger partial charge in [0.05, 0.1) is 21.7 Å². The highest BCUT2D eigenvalue weighted by molar-refractivity contribution is 6.07. The van der Waals surface area contributed by atoms with Gasteiger partial charge in [-0.15, -0.1) is 0 Å². The van der Waals surface area contributed by atoms with Gasteiger partial charge in [0.25, 0.3) is 5.91 Å². The van der Waals surface area contributed by atoms with Crippen molar-refractivity contribution in [3.63, 3.8) is 0 Å². The summed E-state index contributed by atoms with van der Waals surface area (Å²) in [6, 6.07) is 13.9. The maximum Gasteiger partial charge on any atom is 0.416 e. The van der Waals surface area contributed by atoms with Crippen LogP contribution in [-0.4, -0.2) is 15.9 Å². The van der Waals surface area contributed by atoms with Gasteiger partial charge in [-0.2, -0.15) is 13.2 Å². The molecule has 2 N–H and O–H groups in total. The normalized spacial score (nSPS) is 11.0. The number of nitro benzene ring substituents is 1. The lowest BCUT2D eigenvalue weighted by Gasteiger charge is -2.15. The van der Waals surface area contributed by atoms with Crippen molar-refractivity contribution in [3.8, 4) is 17.2 Å². The van der Waals surface area contributed by atoms with Crippen LogP contribution >= 0.6 is 0 Å². The summed E-state index contributed by atoms with van der Waals surface area (Å²) in [4.78, 5) is 22.6. The number of ether oxygens (including phenoxy) is 1. The van der Waals surface area contributed by atoms with Gasteiger partial charge in [-0.05, 0) is 36.4 Å². The number of alkyl halides is 3. The number of amides is 1. The molecule has 0 saturated carbocycles. The van der Waals surface area contributed by atoms with Crippen LogP contribution in [0.1, 0.15) is 15.9 Å². The maximum atomic E-state index is 13.1. The molecule has 0 saturated heterocycles. The lowest BCUT2D eigenvalue weighted by Crippen LogP contribution is -2.14. The molecule has 3 aromatic carbocycles. The number of phenols is 1. The smallest absolute Gasteiger partial charge is 0.416 e. The van der Waals surface area contributed by atoms with E-state index in [9.17, 15) is 33.2 Å². The Bertz CT molecular complexity index is 1100. The molecule has 1 amide bonds. The van der Waals surface area contributed by atoms with E-state index in [2.05, 4.69) is 5.32 Å². The first-order valence-corrected chi connectivity index (χ1v) is 8.38. The molecule has 3 rings (SSSR count). The second-order valence-electron chi connectivity index (χ2n) is 6.01. The molecule has 0 aromatic heterocycles. The van der Waals surface area contributed by atoms with E-state index in [1.54, 1.807) is 30.3 Å². The molecular weight excluding hydrogens is 405 g/mol. The average Bonchev–Trinajstić information content (AvgIpc) is 2.69. The molecule has 0 aliphatic heterocycles. The van der Waals surface area contributed by atoms with E-state index in [0.717, 1.165) is 24.3 Å². The molecule has 0 aliphatic carbocycles. The summed E-state index contributed by atoms with van der Waals surface area (Å²) in [6.45, 7) is 0. The highest BCUT2D eigenvalue weighted by Crippen LogP contribution is 2.37. The zero-order valence-corrected chi connectivity index (χ0v) is 15.0. The van der Waals surface area contributed by atoms with Gasteiger partial charge in [0, 0.05) is 6.07 Å². The molecule has 10 heteroatoms. The van der Waals surface area contributed by atoms with Gasteiger partial charge in [-0.25, -0.2) is 0 Å². The minimum atomic E-state index is -4.68. The van der Waals surface area contributed by atoms with Crippen LogP contribution in [0.4, 0.5) is 24.5 Å². The second-order valence-corrected chi connectivity index (χ2v) is 6.01. The van der Waals surface area contributed by atoms with Crippen molar-refractivity contribution in [1.82, 2.24) is 0 Å². The standard InChI is InChI=1S/C20H13F3N2O5/c21-20(22,23)12-9-10-17(30-13-5-2-1-3-6-13)15(11-12)24-19(27)14-7-4-8-16(18(14)26)25(28)29/h1-11,26H,(H,24,27). The van der Waals surface area contributed by atoms with Crippen molar-refractivity contribution in [2.24, 2.45) is 0 Å². The number of anilines is 1. The molecule has 0 radical (unpaired) electrons. The van der Waals surface area contributed by atoms with Crippen molar-refractivity contribution < 1.29 is 32.7 Å². The van der Waals surface area contributed by atoms with Gasteiger partial charge in [0.1, 0.15) is 5.75 Å². The van der Waals surface area contributed by atoms with Crippen molar-refractivity contribution in [1.29, 1.82) is 0 Å². The van der Waals surface area contributed by atoms with Crippen LogP contribution in [0.3, 0.4) is 0 Å². The number of carbonyl (C=O) groups excluding carboxylic acids is 1. The highest BCUT2D eigenvalue weighted by atomic mass is 19.4. The molecule has 7 nitrogen and oxygen atoms in total. The van der Waals surface area contributed by atoms with E-state index in [4.69, 9.17) is 4.74 Å². The summed E-state index contributed by atoms with van der Waals surface area (Å²) in [5.41, 5.74) is -2.56. The van der Waals surface area contributed by atoms with Gasteiger partial charge in [-0.3, -0.25) is 14.9 Å². The quantitative estimate of drug-likeness (QED) is 0.429. The Morgan fingerprint density at radius 2 is 1.73 bits per heavy atom. The Balaban J connectivity index is 1.99. The fraction of sp³-hybridized carbons (Fsp3) is 0.0500. The second kappa shape index (κ2) is 8.11. The molecule has 154 valence electrons. The van der Waals surface area contributed by atoms with Gasteiger partial charge in [-0.1, -0.05) is 24.3 Å². The Kier molecular flexibility index (Phi) is 5.58. The van der Waals surface area contributed by atoms with Gasteiger partial charge < -0.3 is 15.2 Å². The van der Waals surface area contributed by atoms with Gasteiger partial charge in [0.2, 0.25) is 5.75 Å². The number of benzene rings is 3. The molecule has 0 aliphatic rings. The van der Waals surface area contributed by atoms with E-state index in [1.165, 1.54) is 6.07 Å². The van der Waals surface area contributed by atoms with Crippen LogP contribution in [0.15, 0.2) is 66.7 Å². The monoisotopic (exact) mass is 418 g/mol. The number of halogens is 3. The van der Waals surface area contributed by atoms with Crippen LogP contribution in [0, 0.1) is 10.1 Å². The predicted octanol–water partition coefficient (Wildman–Crippen LogP) is 5.36. The van der Waals surface area contributed by atoms with Crippen LogP contribution in [0.25, 0.3) is 0 Å². The third kappa shape index (κ3) is 4.49. The third-order valence-electron chi connectivity index (χ3n) is 3.98. The summed E-state index contributed by atoms with van der Waals surface area (Å²) in [5.74, 6) is -1.73. The fourth-order valence-electron chi connectivity index (χ4n) is 2.56. The van der Waals surface area contributed by atoms with Crippen LogP contribution in [0.5, 0.6) is 17.2 Å². The molecule has 0 atom stereocenters. The number of hydrogen-bond donors (Lipinski definition) is 2. The summed E-state index contributed by atoms with van der Waals surface area (Å²) in [5, 5.41) is 23.1. The van der Waals surface area contributed by atoms with E-state index in [0.29, 0.717) is 11.8 Å². The first-order valence-electron chi connectivity index (χ1n) is 8.38. The van der Waals surface area contributed by atoms with Crippen molar-refractivity contribution in [3.05, 3.63) is 88.0 Å². The zero-order valence-electron chi connectivity index (χ0n) is 15.0. The Labute approximate surface area is 167 Å². The lowest BCUT2D eigenvalue weighted by atomic mass is 10.1. The van der Waals surface area contributed by atoms with E-state index >= 15 is 0 Å². The predicted molar refractivity (Wildman–Crippen MR) is 101 cm³/mol. The zero-order chi connectivity index (χ0) is 21.9. The Hall–Kier alpha value is -4.08. The van der Waals surface area contributed by atoms with Gasteiger partial charge >= 0.3 is 11.9 Å². The fourth-order valence-corrected chi connectivity index (χ4v) is 2.56. The van der Waals surface area contributed by atoms with Crippen LogP contribution in [-0.2, 0) is 6.18 Å². The number of nitrogens with zero attached hydrogens (tertiary/aromatic N) is 1. The molecule has 0 spiro atoms. The Morgan fingerprint density at radius 3 is 2.37 bits per heavy atom. The molecular formula is C20H13F3N2O5. The SMILES string of the molecule is O=C(Nc1cc(C(F)(F)F)ccc1Oc1ccccc1)c1cccc([N+](=O)[O-])c1O. The first-order chi connectivity index (χ1) is 14.2. The molecule has 0 bridgehead atoms. The molecule has 0 unspecified atom stereocenters. The number of phenolic OH excluding ortho intramolecular Hbond substituents is 1. The highest BCUT2D eigenvalue weighted by Gasteiger charge is 2.32. The number of nitro groups is 1. The van der Waals surface area contributed by atoms with Crippen molar-refractivity contribution >= 4 is 17.3 Å². The molecule has 0 fully saturated rings. The summed E-state index contributed by atoms with van der Waals surface area (Å²) in [6.07, 6.45) is -4.68. The summed E-state index contributed by atoms with van der Waals surface area (Å²) >= 11 is 0. The maximum absolute atomic E-state index is 13.1. The molecule has 30 heavy (non-hydrogen) atoms. The number of hydrogen-bond acceptors (Lipinski definition) is 5. The summed E-state index contributed by atoms with van der Waals surface area (Å²) < 4.78 is 44.9. The largest absolute Gasteiger partial charge is 0.502 e.